The van der Waals surface area contributed by atoms with Crippen LogP contribution in [0.2, 0.25) is 0 Å². The molecule has 0 radical (unpaired) electrons. The number of nitrogens with zero attached hydrogens (tertiary/aromatic N) is 1. The fourth-order valence-electron chi connectivity index (χ4n) is 5.59. The second-order valence-corrected chi connectivity index (χ2v) is 17.8. The van der Waals surface area contributed by atoms with Gasteiger partial charge in [0.1, 0.15) is 11.2 Å². The van der Waals surface area contributed by atoms with Crippen molar-refractivity contribution in [1.29, 1.82) is 0 Å². The predicted molar refractivity (Wildman–Crippen MR) is 273 cm³/mol. The molecule has 5 aromatic carbocycles. The first-order valence-electron chi connectivity index (χ1n) is 21.3. The second kappa shape index (κ2) is 25.3. The number of hydrogen-bond acceptors (Lipinski definition) is 12. The highest BCUT2D eigenvalue weighted by Gasteiger charge is 2.18. The van der Waals surface area contributed by atoms with Gasteiger partial charge in [-0.25, -0.2) is 14.4 Å². The highest BCUT2D eigenvalue weighted by Crippen LogP contribution is 2.21. The largest absolute Gasteiger partial charge is 0.465 e. The van der Waals surface area contributed by atoms with Gasteiger partial charge in [0, 0.05) is 70.0 Å². The standard InChI is InChI=1S/C18H19N3O5.C16H15N3O4.C16H18N2O3S/c1-18(2,3)26-17(23)20-14-9-7-13(8-10-14)19-16(22)12-5-4-6-15(11-12)21(24)25;1-10(20)17-14-4-2-3-11(9-14)15(21)18-12-5-7-13(8-6-12)19-16(22)23;1-16(2,3)21-15(20)18-12-8-6-11(7-9-12)17-14(19)13-5-4-10-22-13/h4-11H,1-3H3,(H,19,22)(H,20,23);2-9,19H,1H3,(H,17,20)(H,18,21)(H,22,23);4-10H,1-3H3,(H,17,19)(H,18,20). The van der Waals surface area contributed by atoms with Crippen LogP contribution in [0.4, 0.5) is 59.9 Å². The van der Waals surface area contributed by atoms with Crippen molar-refractivity contribution in [2.24, 2.45) is 0 Å². The number of anilines is 7. The third-order valence-electron chi connectivity index (χ3n) is 8.48. The Kier molecular flexibility index (Phi) is 19.4. The first kappa shape index (κ1) is 54.5. The molecule has 0 atom stereocenters. The number of non-ortho nitro benzene ring substituents is 1. The number of nitro groups is 1. The molecule has 1 heterocycles. The molecule has 0 aliphatic heterocycles. The monoisotopic (exact) mass is 988 g/mol. The maximum absolute atomic E-state index is 12.2. The molecule has 0 saturated heterocycles. The number of ether oxygens (including phenoxy) is 2. The number of nitrogens with one attached hydrogen (secondary N) is 7. The van der Waals surface area contributed by atoms with Gasteiger partial charge in [0.15, 0.2) is 0 Å². The van der Waals surface area contributed by atoms with Gasteiger partial charge >= 0.3 is 18.3 Å². The molecule has 0 bridgehead atoms. The maximum atomic E-state index is 12.2. The molecular weight excluding hydrogens is 937 g/mol. The summed E-state index contributed by atoms with van der Waals surface area (Å²) in [5.41, 5.74) is 2.98. The Labute approximate surface area is 412 Å². The summed E-state index contributed by atoms with van der Waals surface area (Å²) >= 11 is 1.38. The SMILES string of the molecule is CC(=O)Nc1cccc(C(=O)Nc2ccc(NC(=O)O)cc2)c1.CC(C)(C)OC(=O)Nc1ccc(NC(=O)c2cccc([N+](=O)[O-])c2)cc1.CC(C)(C)OC(=O)Nc1ccc(NC(=O)c2cccs2)cc1. The van der Waals surface area contributed by atoms with Crippen LogP contribution >= 0.6 is 11.3 Å². The molecule has 6 rings (SSSR count). The molecule has 0 aliphatic rings. The summed E-state index contributed by atoms with van der Waals surface area (Å²) in [6.45, 7) is 12.1. The Morgan fingerprint density at radius 3 is 1.27 bits per heavy atom. The highest BCUT2D eigenvalue weighted by molar-refractivity contribution is 7.12. The predicted octanol–water partition coefficient (Wildman–Crippen LogP) is 11.5. The topological polar surface area (TPSA) is 286 Å². The molecule has 1 aromatic heterocycles. The second-order valence-electron chi connectivity index (χ2n) is 16.8. The van der Waals surface area contributed by atoms with Crippen molar-refractivity contribution >= 4 is 98.7 Å². The van der Waals surface area contributed by atoms with E-state index >= 15 is 0 Å². The number of carboxylic acid groups (broad SMARTS) is 1. The molecule has 6 aromatic rings. The number of nitro benzene ring substituents is 1. The van der Waals surface area contributed by atoms with Gasteiger partial charge in [0.25, 0.3) is 23.4 Å². The van der Waals surface area contributed by atoms with Gasteiger partial charge in [-0.05, 0) is 150 Å². The number of thiophene rings is 1. The van der Waals surface area contributed by atoms with Crippen LogP contribution in [0.15, 0.2) is 139 Å². The van der Waals surface area contributed by atoms with E-state index in [9.17, 15) is 43.7 Å². The summed E-state index contributed by atoms with van der Waals surface area (Å²) in [5.74, 6) is -1.18. The van der Waals surface area contributed by atoms with E-state index in [0.29, 0.717) is 50.3 Å². The number of amides is 7. The molecule has 21 heteroatoms. The van der Waals surface area contributed by atoms with E-state index < -0.39 is 40.3 Å². The third-order valence-corrected chi connectivity index (χ3v) is 9.35. The fourth-order valence-corrected chi connectivity index (χ4v) is 6.21. The van der Waals surface area contributed by atoms with Crippen molar-refractivity contribution in [2.45, 2.75) is 59.7 Å². The molecule has 0 fully saturated rings. The van der Waals surface area contributed by atoms with E-state index in [1.807, 2.05) is 11.4 Å². The first-order chi connectivity index (χ1) is 33.4. The Hall–Kier alpha value is -9.11. The van der Waals surface area contributed by atoms with Crippen LogP contribution < -0.4 is 37.2 Å². The van der Waals surface area contributed by atoms with Crippen molar-refractivity contribution in [3.63, 3.8) is 0 Å². The Morgan fingerprint density at radius 1 is 0.493 bits per heavy atom. The minimum Gasteiger partial charge on any atom is -0.465 e. The van der Waals surface area contributed by atoms with E-state index in [2.05, 4.69) is 37.2 Å². The molecule has 20 nitrogen and oxygen atoms in total. The summed E-state index contributed by atoms with van der Waals surface area (Å²) in [5, 5.41) is 39.4. The van der Waals surface area contributed by atoms with Crippen molar-refractivity contribution in [3.05, 3.63) is 165 Å². The zero-order valence-corrected chi connectivity index (χ0v) is 40.4. The van der Waals surface area contributed by atoms with Crippen molar-refractivity contribution in [1.82, 2.24) is 0 Å². The van der Waals surface area contributed by atoms with Gasteiger partial charge in [-0.3, -0.25) is 45.2 Å². The van der Waals surface area contributed by atoms with Crippen LogP contribution in [0.3, 0.4) is 0 Å². The van der Waals surface area contributed by atoms with Gasteiger partial charge in [-0.15, -0.1) is 11.3 Å². The number of rotatable bonds is 11. The maximum Gasteiger partial charge on any atom is 0.412 e. The van der Waals surface area contributed by atoms with Crippen LogP contribution in [0.1, 0.15) is 78.9 Å². The van der Waals surface area contributed by atoms with Gasteiger partial charge in [-0.1, -0.05) is 18.2 Å². The summed E-state index contributed by atoms with van der Waals surface area (Å²) in [6.07, 6.45) is -2.25. The molecule has 0 unspecified atom stereocenters. The number of carbonyl (C=O) groups excluding carboxylic acids is 6. The molecule has 0 aliphatic carbocycles. The van der Waals surface area contributed by atoms with Crippen molar-refractivity contribution in [3.8, 4) is 0 Å². The summed E-state index contributed by atoms with van der Waals surface area (Å²) in [7, 11) is 0. The van der Waals surface area contributed by atoms with Crippen LogP contribution in [-0.2, 0) is 14.3 Å². The zero-order valence-electron chi connectivity index (χ0n) is 39.6. The summed E-state index contributed by atoms with van der Waals surface area (Å²) in [4.78, 5) is 92.0. The summed E-state index contributed by atoms with van der Waals surface area (Å²) < 4.78 is 10.3. The Bertz CT molecular complexity index is 2820. The van der Waals surface area contributed by atoms with E-state index in [4.69, 9.17) is 14.6 Å². The molecule has 0 saturated carbocycles. The molecule has 0 spiro atoms. The first-order valence-corrected chi connectivity index (χ1v) is 22.2. The average molecular weight is 989 g/mol. The normalized spacial score (nSPS) is 10.5. The Balaban J connectivity index is 0.000000232. The number of benzene rings is 5. The lowest BCUT2D eigenvalue weighted by molar-refractivity contribution is -0.384. The molecule has 7 amide bonds. The van der Waals surface area contributed by atoms with Crippen LogP contribution in [0, 0.1) is 10.1 Å². The molecule has 8 N–H and O–H groups in total. The van der Waals surface area contributed by atoms with Gasteiger partial charge in [-0.2, -0.15) is 0 Å². The fraction of sp³-hybridized carbons (Fsp3) is 0.180. The zero-order chi connectivity index (χ0) is 52.3. The van der Waals surface area contributed by atoms with E-state index in [1.165, 1.54) is 54.7 Å². The van der Waals surface area contributed by atoms with Crippen molar-refractivity contribution < 1.29 is 53.1 Å². The van der Waals surface area contributed by atoms with E-state index in [-0.39, 0.29) is 29.0 Å². The quantitative estimate of drug-likeness (QED) is 0.0444. The lowest BCUT2D eigenvalue weighted by atomic mass is 10.1. The smallest absolute Gasteiger partial charge is 0.412 e. The van der Waals surface area contributed by atoms with Crippen molar-refractivity contribution in [2.75, 3.05) is 37.2 Å². The minimum atomic E-state index is -1.16. The van der Waals surface area contributed by atoms with Gasteiger partial charge < -0.3 is 35.8 Å². The van der Waals surface area contributed by atoms with E-state index in [1.54, 1.807) is 133 Å². The molecular formula is C50H52N8O12S. The average Bonchev–Trinajstić information content (AvgIpc) is 3.83. The third kappa shape index (κ3) is 20.3. The van der Waals surface area contributed by atoms with E-state index in [0.717, 1.165) is 0 Å². The lowest BCUT2D eigenvalue weighted by Gasteiger charge is -2.19. The number of hydrogen-bond donors (Lipinski definition) is 8. The minimum absolute atomic E-state index is 0.150. The lowest BCUT2D eigenvalue weighted by Crippen LogP contribution is -2.27. The molecule has 71 heavy (non-hydrogen) atoms. The van der Waals surface area contributed by atoms with Crippen LogP contribution in [-0.4, -0.2) is 63.1 Å². The summed E-state index contributed by atoms with van der Waals surface area (Å²) in [6, 6.07) is 35.1. The Morgan fingerprint density at radius 2 is 0.887 bits per heavy atom. The highest BCUT2D eigenvalue weighted by atomic mass is 32.1. The van der Waals surface area contributed by atoms with Gasteiger partial charge in [0.05, 0.1) is 9.80 Å². The number of carbonyl (C=O) groups is 7. The van der Waals surface area contributed by atoms with Crippen LogP contribution in [0.5, 0.6) is 0 Å². The van der Waals surface area contributed by atoms with Gasteiger partial charge in [0.2, 0.25) is 5.91 Å². The molecule has 370 valence electrons. The van der Waals surface area contributed by atoms with Crippen LogP contribution in [0.25, 0.3) is 0 Å².